The molecule has 9 nitrogen and oxygen atoms in total. The van der Waals surface area contributed by atoms with E-state index in [1.54, 1.807) is 37.6 Å². The Hall–Kier alpha value is -4.63. The van der Waals surface area contributed by atoms with Crippen molar-refractivity contribution in [3.8, 4) is 17.2 Å². The highest BCUT2D eigenvalue weighted by atomic mass is 16.6. The highest BCUT2D eigenvalue weighted by Gasteiger charge is 2.27. The van der Waals surface area contributed by atoms with Crippen molar-refractivity contribution in [1.82, 2.24) is 9.97 Å². The summed E-state index contributed by atoms with van der Waals surface area (Å²) in [5, 5.41) is 3.16. The summed E-state index contributed by atoms with van der Waals surface area (Å²) in [5.41, 5.74) is 9.57. The first kappa shape index (κ1) is 25.5. The second-order valence-electron chi connectivity index (χ2n) is 8.23. The van der Waals surface area contributed by atoms with E-state index in [4.69, 9.17) is 19.9 Å². The average molecular weight is 500 g/mol. The number of hydrogen-bond acceptors (Lipinski definition) is 8. The van der Waals surface area contributed by atoms with E-state index >= 15 is 0 Å². The molecule has 37 heavy (non-hydrogen) atoms. The van der Waals surface area contributed by atoms with Crippen LogP contribution in [-0.2, 0) is 6.54 Å². The standard InChI is InChI=1S/C28H29N5O4/c1-18-6-5-7-19(2)26(18)37-28(34)33(23-13-12-22(35-3)16-24(23)36-4)25-14-15-30-27(32-25)31-21-10-8-20(17-29)9-11-21/h5-16H,17,29H2,1-4H3,(H,30,31,32). The zero-order valence-corrected chi connectivity index (χ0v) is 21.2. The molecule has 0 aliphatic carbocycles. The fraction of sp³-hybridized carbons (Fsp3) is 0.179. The number of hydrogen-bond donors (Lipinski definition) is 2. The molecule has 3 aromatic carbocycles. The number of amides is 1. The monoisotopic (exact) mass is 499 g/mol. The Morgan fingerprint density at radius 1 is 0.973 bits per heavy atom. The topological polar surface area (TPSA) is 112 Å². The molecular weight excluding hydrogens is 470 g/mol. The van der Waals surface area contributed by atoms with Gasteiger partial charge in [0.05, 0.1) is 19.9 Å². The maximum absolute atomic E-state index is 13.7. The molecule has 0 radical (unpaired) electrons. The van der Waals surface area contributed by atoms with Gasteiger partial charge in [-0.25, -0.2) is 14.7 Å². The molecule has 1 heterocycles. The summed E-state index contributed by atoms with van der Waals surface area (Å²) in [6.07, 6.45) is 0.909. The van der Waals surface area contributed by atoms with Crippen LogP contribution < -0.4 is 30.2 Å². The minimum atomic E-state index is -0.655. The first-order valence-corrected chi connectivity index (χ1v) is 11.6. The van der Waals surface area contributed by atoms with E-state index in [2.05, 4.69) is 15.3 Å². The van der Waals surface area contributed by atoms with Gasteiger partial charge in [0.15, 0.2) is 0 Å². The molecule has 0 aliphatic rings. The number of carbonyl (C=O) groups excluding carboxylic acids is 1. The molecule has 0 saturated carbocycles. The van der Waals surface area contributed by atoms with Crippen LogP contribution in [0.1, 0.15) is 16.7 Å². The molecule has 3 N–H and O–H groups in total. The lowest BCUT2D eigenvalue weighted by atomic mass is 10.1. The van der Waals surface area contributed by atoms with Gasteiger partial charge in [0, 0.05) is 30.6 Å². The molecule has 0 atom stereocenters. The van der Waals surface area contributed by atoms with Crippen LogP contribution >= 0.6 is 0 Å². The van der Waals surface area contributed by atoms with Gasteiger partial charge >= 0.3 is 6.09 Å². The molecule has 0 spiro atoms. The third-order valence-corrected chi connectivity index (χ3v) is 5.72. The van der Waals surface area contributed by atoms with Crippen LogP contribution in [0, 0.1) is 13.8 Å². The molecule has 4 rings (SSSR count). The Labute approximate surface area is 215 Å². The van der Waals surface area contributed by atoms with Crippen molar-refractivity contribution in [2.75, 3.05) is 24.4 Å². The number of nitrogens with zero attached hydrogens (tertiary/aromatic N) is 3. The predicted molar refractivity (Wildman–Crippen MR) is 143 cm³/mol. The summed E-state index contributed by atoms with van der Waals surface area (Å²) in [5.74, 6) is 2.06. The third-order valence-electron chi connectivity index (χ3n) is 5.72. The maximum atomic E-state index is 13.7. The van der Waals surface area contributed by atoms with Crippen LogP contribution in [0.15, 0.2) is 72.9 Å². The summed E-state index contributed by atoms with van der Waals surface area (Å²) in [7, 11) is 3.08. The Morgan fingerprint density at radius 3 is 2.35 bits per heavy atom. The number of carbonyl (C=O) groups is 1. The molecular formula is C28H29N5O4. The van der Waals surface area contributed by atoms with Gasteiger partial charge in [-0.2, -0.15) is 4.98 Å². The zero-order valence-electron chi connectivity index (χ0n) is 21.2. The van der Waals surface area contributed by atoms with Gasteiger partial charge in [0.1, 0.15) is 23.1 Å². The summed E-state index contributed by atoms with van der Waals surface area (Å²) < 4.78 is 16.8. The number of ether oxygens (including phenoxy) is 3. The van der Waals surface area contributed by atoms with E-state index in [0.717, 1.165) is 22.4 Å². The summed E-state index contributed by atoms with van der Waals surface area (Å²) in [4.78, 5) is 24.0. The third kappa shape index (κ3) is 5.79. The number of nitrogens with two attached hydrogens (primary N) is 1. The Morgan fingerprint density at radius 2 is 1.70 bits per heavy atom. The fourth-order valence-electron chi connectivity index (χ4n) is 3.77. The summed E-state index contributed by atoms with van der Waals surface area (Å²) in [6, 6.07) is 20.1. The van der Waals surface area contributed by atoms with Crippen molar-refractivity contribution in [1.29, 1.82) is 0 Å². The molecule has 0 unspecified atom stereocenters. The van der Waals surface area contributed by atoms with Gasteiger partial charge in [-0.05, 0) is 54.8 Å². The highest BCUT2D eigenvalue weighted by Crippen LogP contribution is 2.37. The lowest BCUT2D eigenvalue weighted by molar-refractivity contribution is 0.209. The molecule has 1 aromatic heterocycles. The van der Waals surface area contributed by atoms with E-state index in [-0.39, 0.29) is 5.82 Å². The quantitative estimate of drug-likeness (QED) is 0.320. The summed E-state index contributed by atoms with van der Waals surface area (Å²) >= 11 is 0. The van der Waals surface area contributed by atoms with E-state index in [0.29, 0.717) is 35.4 Å². The number of aryl methyl sites for hydroxylation is 2. The van der Waals surface area contributed by atoms with E-state index in [9.17, 15) is 4.79 Å². The summed E-state index contributed by atoms with van der Waals surface area (Å²) in [6.45, 7) is 4.22. The molecule has 4 aromatic rings. The number of nitrogens with one attached hydrogen (secondary N) is 1. The van der Waals surface area contributed by atoms with Crippen LogP contribution in [0.2, 0.25) is 0 Å². The molecule has 1 amide bonds. The Bertz CT molecular complexity index is 1370. The van der Waals surface area contributed by atoms with Crippen LogP contribution in [0.3, 0.4) is 0 Å². The Kier molecular flexibility index (Phi) is 7.85. The van der Waals surface area contributed by atoms with Crippen molar-refractivity contribution in [3.63, 3.8) is 0 Å². The minimum absolute atomic E-state index is 0.288. The van der Waals surface area contributed by atoms with Gasteiger partial charge in [0.2, 0.25) is 5.95 Å². The SMILES string of the molecule is COc1ccc(N(C(=O)Oc2c(C)cccc2C)c2ccnc(Nc3ccc(CN)cc3)n2)c(OC)c1. The number of benzene rings is 3. The highest BCUT2D eigenvalue weighted by molar-refractivity contribution is 5.98. The fourth-order valence-corrected chi connectivity index (χ4v) is 3.77. The van der Waals surface area contributed by atoms with Gasteiger partial charge < -0.3 is 25.3 Å². The number of anilines is 4. The minimum Gasteiger partial charge on any atom is -0.497 e. The number of aromatic nitrogens is 2. The van der Waals surface area contributed by atoms with Crippen LogP contribution in [0.4, 0.5) is 27.9 Å². The zero-order chi connectivity index (χ0) is 26.4. The average Bonchev–Trinajstić information content (AvgIpc) is 2.92. The van der Waals surface area contributed by atoms with E-state index < -0.39 is 6.09 Å². The molecule has 0 saturated heterocycles. The lowest BCUT2D eigenvalue weighted by Gasteiger charge is -2.24. The van der Waals surface area contributed by atoms with E-state index in [1.807, 2.05) is 56.3 Å². The number of para-hydroxylation sites is 1. The second kappa shape index (κ2) is 11.4. The second-order valence-corrected chi connectivity index (χ2v) is 8.23. The normalized spacial score (nSPS) is 10.5. The van der Waals surface area contributed by atoms with Crippen molar-refractivity contribution in [3.05, 3.63) is 89.6 Å². The van der Waals surface area contributed by atoms with Gasteiger partial charge in [-0.1, -0.05) is 30.3 Å². The maximum Gasteiger partial charge on any atom is 0.425 e. The largest absolute Gasteiger partial charge is 0.497 e. The first-order valence-electron chi connectivity index (χ1n) is 11.6. The smallest absolute Gasteiger partial charge is 0.425 e. The van der Waals surface area contributed by atoms with Crippen molar-refractivity contribution in [2.24, 2.45) is 5.73 Å². The predicted octanol–water partition coefficient (Wildman–Crippen LogP) is 5.65. The van der Waals surface area contributed by atoms with Gasteiger partial charge in [-0.3, -0.25) is 0 Å². The number of methoxy groups -OCH3 is 2. The van der Waals surface area contributed by atoms with Crippen LogP contribution in [0.25, 0.3) is 0 Å². The van der Waals surface area contributed by atoms with Gasteiger partial charge in [0.25, 0.3) is 0 Å². The van der Waals surface area contributed by atoms with Gasteiger partial charge in [-0.15, -0.1) is 0 Å². The van der Waals surface area contributed by atoms with Crippen molar-refractivity contribution >= 4 is 29.2 Å². The molecule has 0 aliphatic heterocycles. The van der Waals surface area contributed by atoms with Crippen molar-refractivity contribution in [2.45, 2.75) is 20.4 Å². The molecule has 190 valence electrons. The van der Waals surface area contributed by atoms with Crippen LogP contribution in [0.5, 0.6) is 17.2 Å². The first-order chi connectivity index (χ1) is 17.9. The lowest BCUT2D eigenvalue weighted by Crippen LogP contribution is -2.31. The van der Waals surface area contributed by atoms with E-state index in [1.165, 1.54) is 12.0 Å². The van der Waals surface area contributed by atoms with Crippen molar-refractivity contribution < 1.29 is 19.0 Å². The molecule has 0 bridgehead atoms. The van der Waals surface area contributed by atoms with Crippen LogP contribution in [-0.4, -0.2) is 30.3 Å². The number of rotatable bonds is 8. The molecule has 0 fully saturated rings. The Balaban J connectivity index is 1.75. The molecule has 9 heteroatoms.